The summed E-state index contributed by atoms with van der Waals surface area (Å²) in [4.78, 5) is 10.9. The normalized spacial score (nSPS) is 21.8. The molecule has 5 aromatic rings. The summed E-state index contributed by atoms with van der Waals surface area (Å²) in [5.74, 6) is -0.376. The minimum absolute atomic E-state index is 0.0274. The number of aromatic nitrogens is 4. The number of piperazine rings is 1. The number of nitrogens with one attached hydrogen (secondary N) is 1. The molecule has 3 N–H and O–H groups in total. The van der Waals surface area contributed by atoms with Crippen LogP contribution in [0.1, 0.15) is 12.0 Å². The Balaban J connectivity index is 1.38. The Morgan fingerprint density at radius 3 is 2.62 bits per heavy atom. The van der Waals surface area contributed by atoms with Crippen LogP contribution in [0.2, 0.25) is 0 Å². The number of hydrogen-bond acceptors (Lipinski definition) is 7. The summed E-state index contributed by atoms with van der Waals surface area (Å²) in [6, 6.07) is 16.3. The van der Waals surface area contributed by atoms with E-state index in [2.05, 4.69) is 14.9 Å². The van der Waals surface area contributed by atoms with Crippen molar-refractivity contribution in [1.82, 2.24) is 19.6 Å². The van der Waals surface area contributed by atoms with Crippen LogP contribution in [0, 0.1) is 16.4 Å². The second-order valence-corrected chi connectivity index (χ2v) is 10.7. The third-order valence-corrected chi connectivity index (χ3v) is 8.32. The van der Waals surface area contributed by atoms with E-state index in [9.17, 15) is 5.21 Å². The summed E-state index contributed by atoms with van der Waals surface area (Å²) in [6.07, 6.45) is 7.08. The van der Waals surface area contributed by atoms with Gasteiger partial charge in [-0.25, -0.2) is 13.9 Å². The molecule has 40 heavy (non-hydrogen) atoms. The van der Waals surface area contributed by atoms with Gasteiger partial charge in [-0.15, -0.1) is 0 Å². The van der Waals surface area contributed by atoms with E-state index in [-0.39, 0.29) is 22.5 Å². The first-order valence-corrected chi connectivity index (χ1v) is 13.2. The van der Waals surface area contributed by atoms with Crippen LogP contribution in [0.5, 0.6) is 0 Å². The number of quaternary nitrogens is 1. The topological polar surface area (TPSA) is 119 Å². The van der Waals surface area contributed by atoms with E-state index >= 15 is 4.39 Å². The number of hydroxylamine groups is 3. The van der Waals surface area contributed by atoms with Crippen molar-refractivity contribution >= 4 is 23.2 Å². The van der Waals surface area contributed by atoms with Gasteiger partial charge in [-0.2, -0.15) is 5.10 Å². The average molecular weight is 535 g/mol. The van der Waals surface area contributed by atoms with Crippen molar-refractivity contribution in [2.24, 2.45) is 0 Å². The number of likely N-dealkylation sites (N-methyl/N-ethyl adjacent to an activating group) is 1. The Kier molecular flexibility index (Phi) is 5.45. The van der Waals surface area contributed by atoms with Crippen molar-refractivity contribution in [3.05, 3.63) is 89.8 Å². The van der Waals surface area contributed by atoms with E-state index in [0.29, 0.717) is 58.1 Å². The van der Waals surface area contributed by atoms with Crippen LogP contribution in [-0.4, -0.2) is 62.7 Å². The number of anilines is 2. The molecular weight excluding hydrogens is 507 g/mol. The lowest BCUT2D eigenvalue weighted by Gasteiger charge is -2.45. The molecule has 0 amide bonds. The summed E-state index contributed by atoms with van der Waals surface area (Å²) < 4.78 is 17.3. The molecule has 0 radical (unpaired) electrons. The molecule has 3 aromatic heterocycles. The van der Waals surface area contributed by atoms with Crippen molar-refractivity contribution in [2.75, 3.05) is 30.8 Å². The predicted molar refractivity (Wildman–Crippen MR) is 153 cm³/mol. The molecular formula is C30H27FN8O. The molecule has 200 valence electrons. The summed E-state index contributed by atoms with van der Waals surface area (Å²) in [6.45, 7) is 1.16. The second-order valence-electron chi connectivity index (χ2n) is 10.7. The van der Waals surface area contributed by atoms with Crippen LogP contribution < -0.4 is 10.6 Å². The van der Waals surface area contributed by atoms with E-state index in [4.69, 9.17) is 16.2 Å². The lowest BCUT2D eigenvalue weighted by Crippen LogP contribution is -2.54. The van der Waals surface area contributed by atoms with Crippen LogP contribution in [-0.2, 0) is 0 Å². The zero-order valence-electron chi connectivity index (χ0n) is 21.8. The van der Waals surface area contributed by atoms with Crippen molar-refractivity contribution < 1.29 is 9.04 Å². The number of hydrogen-bond donors (Lipinski definition) is 2. The van der Waals surface area contributed by atoms with E-state index in [1.54, 1.807) is 54.4 Å². The van der Waals surface area contributed by atoms with Crippen molar-refractivity contribution in [3.8, 4) is 33.6 Å². The third kappa shape index (κ3) is 3.68. The summed E-state index contributed by atoms with van der Waals surface area (Å²) in [5.41, 5.74) is 12.3. The van der Waals surface area contributed by atoms with E-state index in [1.807, 2.05) is 30.3 Å². The molecule has 7 rings (SSSR count). The molecule has 0 spiro atoms. The molecule has 2 bridgehead atoms. The fourth-order valence-electron chi connectivity index (χ4n) is 6.31. The maximum Gasteiger partial charge on any atom is 0.164 e. The summed E-state index contributed by atoms with van der Waals surface area (Å²) in [7, 11) is 1.73. The Morgan fingerprint density at radius 1 is 1.10 bits per heavy atom. The SMILES string of the molecule is C[N+]1([O-])C[C@H]2C[C@@H]1CN2c1ccc(-c2ccnc3c(-c4cccc(N)c4C=N)c(-c4ccncc4)nn23)c(F)c1. The van der Waals surface area contributed by atoms with Gasteiger partial charge >= 0.3 is 0 Å². The fourth-order valence-corrected chi connectivity index (χ4v) is 6.31. The average Bonchev–Trinajstić information content (AvgIpc) is 3.63. The number of pyridine rings is 1. The number of benzene rings is 2. The maximum absolute atomic E-state index is 15.8. The molecule has 3 atom stereocenters. The molecule has 2 aliphatic rings. The monoisotopic (exact) mass is 534 g/mol. The van der Waals surface area contributed by atoms with Crippen LogP contribution in [0.15, 0.2) is 73.2 Å². The van der Waals surface area contributed by atoms with Crippen LogP contribution in [0.3, 0.4) is 0 Å². The van der Waals surface area contributed by atoms with Gasteiger partial charge in [0, 0.05) is 59.3 Å². The fraction of sp³-hybridized carbons (Fsp3) is 0.200. The number of fused-ring (bicyclic) bond motifs is 3. The minimum atomic E-state index is -0.376. The molecule has 2 aliphatic heterocycles. The van der Waals surface area contributed by atoms with Gasteiger partial charge in [-0.1, -0.05) is 12.1 Å². The van der Waals surface area contributed by atoms with Crippen molar-refractivity contribution in [1.29, 1.82) is 5.41 Å². The Hall–Kier alpha value is -4.67. The molecule has 5 heterocycles. The number of nitrogens with zero attached hydrogens (tertiary/aromatic N) is 6. The lowest BCUT2D eigenvalue weighted by atomic mass is 9.96. The Morgan fingerprint density at radius 2 is 1.93 bits per heavy atom. The number of halogens is 1. The zero-order valence-corrected chi connectivity index (χ0v) is 21.8. The maximum atomic E-state index is 15.8. The lowest BCUT2D eigenvalue weighted by molar-refractivity contribution is -0.874. The zero-order chi connectivity index (χ0) is 27.6. The first kappa shape index (κ1) is 24.4. The molecule has 2 saturated heterocycles. The summed E-state index contributed by atoms with van der Waals surface area (Å²) >= 11 is 0. The van der Waals surface area contributed by atoms with Gasteiger partial charge in [0.2, 0.25) is 0 Å². The predicted octanol–water partition coefficient (Wildman–Crippen LogP) is 4.75. The molecule has 10 heteroatoms. The smallest absolute Gasteiger partial charge is 0.164 e. The highest BCUT2D eigenvalue weighted by Crippen LogP contribution is 2.41. The summed E-state index contributed by atoms with van der Waals surface area (Å²) in [5, 5.41) is 25.5. The molecule has 0 saturated carbocycles. The molecule has 2 fully saturated rings. The van der Waals surface area contributed by atoms with Gasteiger partial charge < -0.3 is 25.9 Å². The largest absolute Gasteiger partial charge is 0.633 e. The highest BCUT2D eigenvalue weighted by molar-refractivity contribution is 6.01. The minimum Gasteiger partial charge on any atom is -0.633 e. The highest BCUT2D eigenvalue weighted by atomic mass is 19.1. The van der Waals surface area contributed by atoms with Gasteiger partial charge in [0.15, 0.2) is 5.65 Å². The number of likely N-dealkylation sites (tertiary alicyclic amines) is 1. The standard InChI is InChI=1S/C30H27FN8O/c1-39(40)17-20-13-21(39)16-37(20)19-5-6-23(25(31)14-19)27-9-12-35-30-28(22-3-2-4-26(33)24(22)15-32)29(36-38(27)30)18-7-10-34-11-8-18/h2-12,14-15,20-21,32H,13,16-17,33H2,1H3/t20-,21-,39?/m1/s1. The van der Waals surface area contributed by atoms with Gasteiger partial charge in [-0.05, 0) is 48.0 Å². The molecule has 1 unspecified atom stereocenters. The Bertz CT molecular complexity index is 1780. The third-order valence-electron chi connectivity index (χ3n) is 8.32. The highest BCUT2D eigenvalue weighted by Gasteiger charge is 2.48. The Labute approximate surface area is 230 Å². The second kappa shape index (κ2) is 8.94. The van der Waals surface area contributed by atoms with Gasteiger partial charge in [-0.3, -0.25) is 4.98 Å². The van der Waals surface area contributed by atoms with Crippen molar-refractivity contribution in [3.63, 3.8) is 0 Å². The van der Waals surface area contributed by atoms with E-state index in [0.717, 1.165) is 17.7 Å². The van der Waals surface area contributed by atoms with E-state index in [1.165, 1.54) is 6.21 Å². The van der Waals surface area contributed by atoms with Crippen LogP contribution >= 0.6 is 0 Å². The first-order chi connectivity index (χ1) is 19.4. The van der Waals surface area contributed by atoms with Gasteiger partial charge in [0.05, 0.1) is 37.4 Å². The van der Waals surface area contributed by atoms with Crippen LogP contribution in [0.4, 0.5) is 15.8 Å². The molecule has 2 aromatic carbocycles. The molecule has 0 aliphatic carbocycles. The number of rotatable bonds is 5. The number of nitrogen functional groups attached to an aromatic ring is 1. The van der Waals surface area contributed by atoms with Crippen LogP contribution in [0.25, 0.3) is 39.3 Å². The van der Waals surface area contributed by atoms with Crippen molar-refractivity contribution in [2.45, 2.75) is 18.5 Å². The van der Waals surface area contributed by atoms with E-state index < -0.39 is 0 Å². The molecule has 9 nitrogen and oxygen atoms in total. The van der Waals surface area contributed by atoms with Gasteiger partial charge in [0.1, 0.15) is 17.6 Å². The number of nitrogens with two attached hydrogens (primary N) is 1. The first-order valence-electron chi connectivity index (χ1n) is 13.2. The van der Waals surface area contributed by atoms with Gasteiger partial charge in [0.25, 0.3) is 0 Å². The quantitative estimate of drug-likeness (QED) is 0.145.